The van der Waals surface area contributed by atoms with Gasteiger partial charge in [0, 0.05) is 25.5 Å². The number of hydrogen-bond acceptors (Lipinski definition) is 9. The van der Waals surface area contributed by atoms with Crippen molar-refractivity contribution in [1.29, 1.82) is 0 Å². The Bertz CT molecular complexity index is 1130. The molecule has 9 nitrogen and oxygen atoms in total. The van der Waals surface area contributed by atoms with E-state index in [4.69, 9.17) is 23.7 Å². The summed E-state index contributed by atoms with van der Waals surface area (Å²) in [4.78, 5) is 23.7. The molecule has 3 saturated carbocycles. The van der Waals surface area contributed by atoms with E-state index in [1.807, 2.05) is 0 Å². The Morgan fingerprint density at radius 1 is 1.10 bits per heavy atom. The Kier molecular flexibility index (Phi) is 7.46. The minimum absolute atomic E-state index is 0.0477. The average Bonchev–Trinajstić information content (AvgIpc) is 3.46. The zero-order valence-corrected chi connectivity index (χ0v) is 25.0. The molecule has 1 saturated heterocycles. The van der Waals surface area contributed by atoms with Crippen LogP contribution in [-0.2, 0) is 33.3 Å². The van der Waals surface area contributed by atoms with Crippen molar-refractivity contribution < 1.29 is 43.5 Å². The molecule has 2 heterocycles. The fourth-order valence-corrected chi connectivity index (χ4v) is 9.64. The molecule has 4 aliphatic carbocycles. The van der Waals surface area contributed by atoms with Crippen molar-refractivity contribution >= 4 is 11.9 Å². The number of esters is 2. The van der Waals surface area contributed by atoms with E-state index in [2.05, 4.69) is 19.9 Å². The first-order valence-electron chi connectivity index (χ1n) is 15.4. The zero-order valence-electron chi connectivity index (χ0n) is 25.0. The van der Waals surface area contributed by atoms with Crippen molar-refractivity contribution in [1.82, 2.24) is 0 Å². The number of carbonyl (C=O) groups is 2. The highest BCUT2D eigenvalue weighted by Crippen LogP contribution is 2.68. The number of ether oxygens (including phenoxy) is 5. The van der Waals surface area contributed by atoms with Gasteiger partial charge in [0.05, 0.1) is 17.8 Å². The predicted molar refractivity (Wildman–Crippen MR) is 147 cm³/mol. The van der Waals surface area contributed by atoms with E-state index >= 15 is 0 Å². The van der Waals surface area contributed by atoms with E-state index in [0.29, 0.717) is 18.4 Å². The molecule has 4 fully saturated rings. The first-order chi connectivity index (χ1) is 19.4. The molecule has 0 spiro atoms. The van der Waals surface area contributed by atoms with Crippen LogP contribution in [0.4, 0.5) is 0 Å². The van der Waals surface area contributed by atoms with Crippen LogP contribution >= 0.6 is 0 Å². The van der Waals surface area contributed by atoms with Gasteiger partial charge in [0.15, 0.2) is 12.4 Å². The summed E-state index contributed by atoms with van der Waals surface area (Å²) in [6, 6.07) is 0. The zero-order chi connectivity index (χ0) is 29.3. The minimum Gasteiger partial charge on any atom is -0.458 e. The van der Waals surface area contributed by atoms with E-state index in [9.17, 15) is 19.8 Å². The van der Waals surface area contributed by atoms with Crippen molar-refractivity contribution in [2.75, 3.05) is 13.7 Å². The molecule has 2 N–H and O–H groups in total. The van der Waals surface area contributed by atoms with Gasteiger partial charge in [-0.25, -0.2) is 4.79 Å². The number of allylic oxidation sites excluding steroid dienone is 1. The Hall–Kier alpha value is -1.78. The number of rotatable bonds is 5. The maximum absolute atomic E-state index is 12.4. The second kappa shape index (κ2) is 10.4. The number of aliphatic hydroxyl groups is 2. The quantitative estimate of drug-likeness (QED) is 0.375. The highest BCUT2D eigenvalue weighted by Gasteiger charge is 2.65. The molecule has 0 aromatic heterocycles. The molecule has 12 unspecified atom stereocenters. The van der Waals surface area contributed by atoms with Crippen LogP contribution in [0.2, 0.25) is 0 Å². The fraction of sp³-hybridized carbons (Fsp3) is 0.812. The number of carbonyl (C=O) groups excluding carboxylic acids is 2. The van der Waals surface area contributed by atoms with Gasteiger partial charge >= 0.3 is 11.9 Å². The summed E-state index contributed by atoms with van der Waals surface area (Å²) in [5.74, 6) is 0.118. The summed E-state index contributed by atoms with van der Waals surface area (Å²) in [6.45, 7) is 8.07. The first kappa shape index (κ1) is 29.3. The van der Waals surface area contributed by atoms with Crippen molar-refractivity contribution in [2.45, 2.75) is 121 Å². The van der Waals surface area contributed by atoms with Crippen LogP contribution in [0.5, 0.6) is 0 Å². The van der Waals surface area contributed by atoms with E-state index in [1.54, 1.807) is 13.0 Å². The Morgan fingerprint density at radius 2 is 1.85 bits per heavy atom. The van der Waals surface area contributed by atoms with Crippen molar-refractivity contribution in [3.8, 4) is 0 Å². The van der Waals surface area contributed by atoms with Crippen molar-refractivity contribution in [2.24, 2.45) is 28.6 Å². The summed E-state index contributed by atoms with van der Waals surface area (Å²) in [5, 5.41) is 23.0. The van der Waals surface area contributed by atoms with Gasteiger partial charge in [-0.3, -0.25) is 4.79 Å². The highest BCUT2D eigenvalue weighted by atomic mass is 16.7. The molecule has 0 aromatic rings. The smallest absolute Gasteiger partial charge is 0.331 e. The summed E-state index contributed by atoms with van der Waals surface area (Å²) >= 11 is 0. The SMILES string of the molecule is COC1C(O)C(C)OC(OC2CCC3(C)C(CC=C4C3CCC3(C)C(C5=CC(=O)OC5)CCC43O)C2)C1OC(C)=O. The van der Waals surface area contributed by atoms with Crippen molar-refractivity contribution in [3.05, 3.63) is 23.3 Å². The van der Waals surface area contributed by atoms with Crippen LogP contribution in [0.15, 0.2) is 23.3 Å². The maximum Gasteiger partial charge on any atom is 0.331 e. The minimum atomic E-state index is -0.934. The Labute approximate surface area is 242 Å². The maximum atomic E-state index is 12.4. The summed E-state index contributed by atoms with van der Waals surface area (Å²) < 4.78 is 28.8. The summed E-state index contributed by atoms with van der Waals surface area (Å²) in [6.07, 6.45) is 7.08. The van der Waals surface area contributed by atoms with Gasteiger partial charge in [-0.1, -0.05) is 19.9 Å². The predicted octanol–water partition coefficient (Wildman–Crippen LogP) is 3.60. The first-order valence-corrected chi connectivity index (χ1v) is 15.4. The third kappa shape index (κ3) is 4.53. The van der Waals surface area contributed by atoms with Gasteiger partial charge in [0.2, 0.25) is 0 Å². The van der Waals surface area contributed by atoms with Crippen LogP contribution in [0.3, 0.4) is 0 Å². The van der Waals surface area contributed by atoms with Gasteiger partial charge in [0.1, 0.15) is 18.8 Å². The van der Waals surface area contributed by atoms with Gasteiger partial charge in [0.25, 0.3) is 0 Å². The van der Waals surface area contributed by atoms with Crippen LogP contribution in [-0.4, -0.2) is 78.3 Å². The van der Waals surface area contributed by atoms with Crippen LogP contribution in [0.1, 0.15) is 79.1 Å². The summed E-state index contributed by atoms with van der Waals surface area (Å²) in [5.41, 5.74) is 1.13. The number of fused-ring (bicyclic) bond motifs is 5. The Balaban J connectivity index is 1.19. The van der Waals surface area contributed by atoms with E-state index in [-0.39, 0.29) is 28.8 Å². The molecule has 0 bridgehead atoms. The monoisotopic (exact) mass is 574 g/mol. The lowest BCUT2D eigenvalue weighted by atomic mass is 9.46. The number of hydrogen-bond donors (Lipinski definition) is 2. The topological polar surface area (TPSA) is 121 Å². The van der Waals surface area contributed by atoms with Gasteiger partial charge < -0.3 is 33.9 Å². The number of cyclic esters (lactones) is 1. The van der Waals surface area contributed by atoms with Crippen molar-refractivity contribution in [3.63, 3.8) is 0 Å². The third-order valence-electron chi connectivity index (χ3n) is 12.0. The lowest BCUT2D eigenvalue weighted by Crippen LogP contribution is -2.60. The highest BCUT2D eigenvalue weighted by molar-refractivity contribution is 5.85. The molecule has 0 amide bonds. The van der Waals surface area contributed by atoms with Gasteiger partial charge in [-0.2, -0.15) is 0 Å². The molecule has 228 valence electrons. The molecular weight excluding hydrogens is 528 g/mol. The van der Waals surface area contributed by atoms with E-state index in [0.717, 1.165) is 56.9 Å². The normalized spacial score (nSPS) is 49.2. The molecule has 0 radical (unpaired) electrons. The molecule has 6 rings (SSSR count). The van der Waals surface area contributed by atoms with E-state index in [1.165, 1.54) is 19.6 Å². The number of methoxy groups -OCH3 is 1. The second-order valence-electron chi connectivity index (χ2n) is 13.9. The van der Waals surface area contributed by atoms with Gasteiger partial charge in [-0.05, 0) is 92.6 Å². The van der Waals surface area contributed by atoms with Crippen LogP contribution < -0.4 is 0 Å². The van der Waals surface area contributed by atoms with Gasteiger partial charge in [-0.15, -0.1) is 0 Å². The second-order valence-corrected chi connectivity index (χ2v) is 13.9. The standard InChI is InChI=1S/C32H46O9/c1-17-26(35)27(37-5)28(40-18(2)33)29(39-17)41-21-8-11-30(3)20(15-21)6-7-24-23(30)9-12-31(4)22(10-13-32(24,31)36)19-14-25(34)38-16-19/h7,14,17,20-23,26-29,35-36H,6,8-13,15-16H2,1-5H3. The van der Waals surface area contributed by atoms with Crippen LogP contribution in [0, 0.1) is 28.6 Å². The summed E-state index contributed by atoms with van der Waals surface area (Å²) in [7, 11) is 1.49. The molecule has 41 heavy (non-hydrogen) atoms. The molecule has 12 atom stereocenters. The average molecular weight is 575 g/mol. The largest absolute Gasteiger partial charge is 0.458 e. The fourth-order valence-electron chi connectivity index (χ4n) is 9.64. The molecule has 6 aliphatic rings. The molecule has 2 aliphatic heterocycles. The lowest BCUT2D eigenvalue weighted by molar-refractivity contribution is -0.314. The van der Waals surface area contributed by atoms with E-state index < -0.39 is 42.3 Å². The lowest BCUT2D eigenvalue weighted by Gasteiger charge is -2.60. The molecular formula is C32H46O9. The molecule has 9 heteroatoms. The molecule has 0 aromatic carbocycles. The third-order valence-corrected chi connectivity index (χ3v) is 12.0. The van der Waals surface area contributed by atoms with Crippen LogP contribution in [0.25, 0.3) is 0 Å². The number of aliphatic hydroxyl groups excluding tert-OH is 1. The Morgan fingerprint density at radius 3 is 2.54 bits per heavy atom.